The van der Waals surface area contributed by atoms with Gasteiger partial charge in [0.1, 0.15) is 11.4 Å². The molecule has 5 aromatic rings. The van der Waals surface area contributed by atoms with Crippen molar-refractivity contribution >= 4 is 22.9 Å². The van der Waals surface area contributed by atoms with Crippen LogP contribution in [0, 0.1) is 6.92 Å². The molecule has 0 radical (unpaired) electrons. The quantitative estimate of drug-likeness (QED) is 0.456. The predicted octanol–water partition coefficient (Wildman–Crippen LogP) is 4.32. The van der Waals surface area contributed by atoms with Crippen molar-refractivity contribution in [3.8, 4) is 22.6 Å². The standard InChI is InChI=1S/C22H18N6O3/c1-3-28-10-9-16(25-28)17-12-15(21(29)24-18-11-13(2)26-30-18)19-20(27-31-22(19)23-17)14-7-5-4-6-8-14/h4-12H,3H2,1-2H3,(H,24,29). The summed E-state index contributed by atoms with van der Waals surface area (Å²) in [7, 11) is 0. The molecule has 9 heteroatoms. The highest BCUT2D eigenvalue weighted by molar-refractivity contribution is 6.15. The first kappa shape index (κ1) is 18.7. The Bertz CT molecular complexity index is 1380. The molecule has 0 saturated heterocycles. The van der Waals surface area contributed by atoms with Crippen molar-refractivity contribution in [2.75, 3.05) is 5.32 Å². The molecule has 31 heavy (non-hydrogen) atoms. The Balaban J connectivity index is 1.68. The highest BCUT2D eigenvalue weighted by Crippen LogP contribution is 2.32. The fourth-order valence-corrected chi connectivity index (χ4v) is 3.33. The maximum Gasteiger partial charge on any atom is 0.259 e. The van der Waals surface area contributed by atoms with Gasteiger partial charge in [-0.3, -0.25) is 14.8 Å². The lowest BCUT2D eigenvalue weighted by Gasteiger charge is -2.06. The van der Waals surface area contributed by atoms with Crippen LogP contribution in [0.1, 0.15) is 23.0 Å². The summed E-state index contributed by atoms with van der Waals surface area (Å²) in [4.78, 5) is 17.8. The summed E-state index contributed by atoms with van der Waals surface area (Å²) < 4.78 is 12.5. The molecule has 0 saturated carbocycles. The van der Waals surface area contributed by atoms with Crippen molar-refractivity contribution in [2.45, 2.75) is 20.4 Å². The first-order valence-electron chi connectivity index (χ1n) is 9.76. The van der Waals surface area contributed by atoms with E-state index in [1.165, 1.54) is 0 Å². The zero-order valence-corrected chi connectivity index (χ0v) is 16.9. The molecule has 4 aromatic heterocycles. The van der Waals surface area contributed by atoms with Gasteiger partial charge in [0, 0.05) is 24.4 Å². The fourth-order valence-electron chi connectivity index (χ4n) is 3.33. The molecule has 0 bridgehead atoms. The average molecular weight is 414 g/mol. The molecule has 0 spiro atoms. The number of hydrogen-bond acceptors (Lipinski definition) is 7. The molecule has 0 aliphatic heterocycles. The molecule has 9 nitrogen and oxygen atoms in total. The number of nitrogens with one attached hydrogen (secondary N) is 1. The van der Waals surface area contributed by atoms with E-state index in [2.05, 4.69) is 25.7 Å². The van der Waals surface area contributed by atoms with E-state index in [1.807, 2.05) is 49.5 Å². The van der Waals surface area contributed by atoms with Crippen LogP contribution in [0.2, 0.25) is 0 Å². The van der Waals surface area contributed by atoms with E-state index in [0.717, 1.165) is 12.1 Å². The summed E-state index contributed by atoms with van der Waals surface area (Å²) in [6, 6.07) is 14.7. The molecule has 1 amide bonds. The van der Waals surface area contributed by atoms with Gasteiger partial charge < -0.3 is 9.05 Å². The van der Waals surface area contributed by atoms with Crippen LogP contribution in [0.15, 0.2) is 63.8 Å². The molecular weight excluding hydrogens is 396 g/mol. The van der Waals surface area contributed by atoms with Crippen LogP contribution in [-0.2, 0) is 6.54 Å². The molecule has 1 N–H and O–H groups in total. The highest BCUT2D eigenvalue weighted by Gasteiger charge is 2.23. The fraction of sp³-hybridized carbons (Fsp3) is 0.136. The van der Waals surface area contributed by atoms with Gasteiger partial charge in [-0.05, 0) is 26.0 Å². The lowest BCUT2D eigenvalue weighted by Crippen LogP contribution is -2.12. The maximum atomic E-state index is 13.2. The van der Waals surface area contributed by atoms with E-state index in [9.17, 15) is 4.79 Å². The number of nitrogens with zero attached hydrogens (tertiary/aromatic N) is 5. The van der Waals surface area contributed by atoms with E-state index < -0.39 is 0 Å². The van der Waals surface area contributed by atoms with Crippen molar-refractivity contribution in [3.63, 3.8) is 0 Å². The summed E-state index contributed by atoms with van der Waals surface area (Å²) in [6.45, 7) is 4.49. The van der Waals surface area contributed by atoms with Gasteiger partial charge in [0.15, 0.2) is 0 Å². The predicted molar refractivity (Wildman–Crippen MR) is 113 cm³/mol. The van der Waals surface area contributed by atoms with Gasteiger partial charge in [0.2, 0.25) is 5.88 Å². The van der Waals surface area contributed by atoms with Crippen LogP contribution >= 0.6 is 0 Å². The molecule has 0 atom stereocenters. The highest BCUT2D eigenvalue weighted by atomic mass is 16.5. The summed E-state index contributed by atoms with van der Waals surface area (Å²) in [5, 5.41) is 15.8. The number of carbonyl (C=O) groups excluding carboxylic acids is 1. The average Bonchev–Trinajstić information content (AvgIpc) is 3.53. The van der Waals surface area contributed by atoms with Gasteiger partial charge in [-0.1, -0.05) is 40.6 Å². The molecule has 5 rings (SSSR count). The van der Waals surface area contributed by atoms with Gasteiger partial charge in [0.05, 0.1) is 22.3 Å². The smallest absolute Gasteiger partial charge is 0.259 e. The van der Waals surface area contributed by atoms with Gasteiger partial charge in [-0.25, -0.2) is 4.98 Å². The van der Waals surface area contributed by atoms with Crippen LogP contribution in [0.4, 0.5) is 5.88 Å². The lowest BCUT2D eigenvalue weighted by molar-refractivity contribution is 0.102. The van der Waals surface area contributed by atoms with Crippen LogP contribution < -0.4 is 5.32 Å². The number of carbonyl (C=O) groups is 1. The van der Waals surface area contributed by atoms with E-state index in [-0.39, 0.29) is 17.5 Å². The number of fused-ring (bicyclic) bond motifs is 1. The zero-order valence-electron chi connectivity index (χ0n) is 16.9. The van der Waals surface area contributed by atoms with Crippen molar-refractivity contribution in [1.29, 1.82) is 0 Å². The number of rotatable bonds is 5. The minimum Gasteiger partial charge on any atom is -0.338 e. The summed E-state index contributed by atoms with van der Waals surface area (Å²) in [5.74, 6) is -0.137. The van der Waals surface area contributed by atoms with Gasteiger partial charge >= 0.3 is 0 Å². The van der Waals surface area contributed by atoms with Crippen LogP contribution in [-0.4, -0.2) is 31.0 Å². The van der Waals surface area contributed by atoms with E-state index in [4.69, 9.17) is 9.05 Å². The Morgan fingerprint density at radius 1 is 1.06 bits per heavy atom. The Morgan fingerprint density at radius 3 is 2.61 bits per heavy atom. The Kier molecular flexibility index (Phi) is 4.55. The molecular formula is C22H18N6O3. The first-order valence-corrected chi connectivity index (χ1v) is 9.76. The van der Waals surface area contributed by atoms with Crippen LogP contribution in [0.5, 0.6) is 0 Å². The van der Waals surface area contributed by atoms with Crippen LogP contribution in [0.25, 0.3) is 33.7 Å². The number of hydrogen-bond donors (Lipinski definition) is 1. The first-order chi connectivity index (χ1) is 15.1. The van der Waals surface area contributed by atoms with Gasteiger partial charge in [-0.15, -0.1) is 0 Å². The Morgan fingerprint density at radius 2 is 1.90 bits per heavy atom. The van der Waals surface area contributed by atoms with E-state index in [1.54, 1.807) is 23.7 Å². The molecule has 154 valence electrons. The normalized spacial score (nSPS) is 11.2. The van der Waals surface area contributed by atoms with Gasteiger partial charge in [0.25, 0.3) is 11.6 Å². The third-order valence-corrected chi connectivity index (χ3v) is 4.83. The number of aromatic nitrogens is 5. The van der Waals surface area contributed by atoms with Crippen molar-refractivity contribution in [2.24, 2.45) is 0 Å². The minimum absolute atomic E-state index is 0.251. The van der Waals surface area contributed by atoms with Crippen molar-refractivity contribution in [1.82, 2.24) is 25.1 Å². The molecule has 0 unspecified atom stereocenters. The largest absolute Gasteiger partial charge is 0.338 e. The van der Waals surface area contributed by atoms with E-state index >= 15 is 0 Å². The number of aryl methyl sites for hydroxylation is 2. The van der Waals surface area contributed by atoms with Crippen LogP contribution in [0.3, 0.4) is 0 Å². The Hall–Kier alpha value is -4.27. The Labute approximate surface area is 176 Å². The third-order valence-electron chi connectivity index (χ3n) is 4.83. The minimum atomic E-state index is -0.389. The molecule has 4 heterocycles. The second kappa shape index (κ2) is 7.52. The molecule has 0 aliphatic rings. The monoisotopic (exact) mass is 414 g/mol. The lowest BCUT2D eigenvalue weighted by atomic mass is 10.0. The van der Waals surface area contributed by atoms with Crippen molar-refractivity contribution < 1.29 is 13.8 Å². The maximum absolute atomic E-state index is 13.2. The molecule has 0 fully saturated rings. The van der Waals surface area contributed by atoms with Gasteiger partial charge in [-0.2, -0.15) is 5.10 Å². The zero-order chi connectivity index (χ0) is 21.4. The SMILES string of the molecule is CCn1ccc(-c2cc(C(=O)Nc3cc(C)no3)c3c(-c4ccccc4)noc3n2)n1. The number of benzene rings is 1. The third kappa shape index (κ3) is 3.46. The molecule has 0 aliphatic carbocycles. The van der Waals surface area contributed by atoms with Crippen molar-refractivity contribution in [3.05, 3.63) is 66.0 Å². The topological polar surface area (TPSA) is 112 Å². The number of anilines is 1. The van der Waals surface area contributed by atoms with E-state index in [0.29, 0.717) is 33.7 Å². The summed E-state index contributed by atoms with van der Waals surface area (Å²) in [5.41, 5.74) is 3.75. The summed E-state index contributed by atoms with van der Waals surface area (Å²) in [6.07, 6.45) is 1.86. The summed E-state index contributed by atoms with van der Waals surface area (Å²) >= 11 is 0. The second-order valence-electron chi connectivity index (χ2n) is 6.98. The number of pyridine rings is 1. The molecule has 1 aromatic carbocycles. The second-order valence-corrected chi connectivity index (χ2v) is 6.98. The number of amides is 1.